The van der Waals surface area contributed by atoms with Crippen LogP contribution in [0.3, 0.4) is 0 Å². The summed E-state index contributed by atoms with van der Waals surface area (Å²) in [4.78, 5) is 6.75. The summed E-state index contributed by atoms with van der Waals surface area (Å²) in [6.45, 7) is 9.61. The molecule has 1 unspecified atom stereocenters. The van der Waals surface area contributed by atoms with Gasteiger partial charge in [-0.1, -0.05) is 15.9 Å². The quantitative estimate of drug-likeness (QED) is 0.637. The number of rotatable bonds is 3. The van der Waals surface area contributed by atoms with E-state index in [1.165, 1.54) is 12.1 Å². The van der Waals surface area contributed by atoms with Crippen LogP contribution in [-0.2, 0) is 0 Å². The van der Waals surface area contributed by atoms with E-state index >= 15 is 0 Å². The van der Waals surface area contributed by atoms with Gasteiger partial charge in [-0.25, -0.2) is 0 Å². The molecule has 1 atom stereocenters. The molecule has 0 saturated carbocycles. The van der Waals surface area contributed by atoms with Crippen molar-refractivity contribution < 1.29 is 0 Å². The fourth-order valence-electron chi connectivity index (χ4n) is 2.66. The van der Waals surface area contributed by atoms with E-state index in [1.807, 2.05) is 7.05 Å². The van der Waals surface area contributed by atoms with E-state index in [2.05, 4.69) is 81.5 Å². The number of hydrogen-bond acceptors (Lipinski definition) is 2. The summed E-state index contributed by atoms with van der Waals surface area (Å²) in [5, 5.41) is 6.85. The van der Waals surface area contributed by atoms with E-state index in [0.29, 0.717) is 5.92 Å². The normalized spacial score (nSPS) is 19.4. The third-order valence-corrected chi connectivity index (χ3v) is 4.28. The zero-order valence-electron chi connectivity index (χ0n) is 14.0. The van der Waals surface area contributed by atoms with Crippen molar-refractivity contribution in [3.05, 3.63) is 28.7 Å². The van der Waals surface area contributed by atoms with Crippen LogP contribution in [0.1, 0.15) is 27.2 Å². The van der Waals surface area contributed by atoms with Gasteiger partial charge in [0.2, 0.25) is 0 Å². The van der Waals surface area contributed by atoms with Crippen LogP contribution in [0.2, 0.25) is 0 Å². The Hall–Kier alpha value is -1.23. The average molecular weight is 367 g/mol. The van der Waals surface area contributed by atoms with Gasteiger partial charge in [0.05, 0.1) is 0 Å². The lowest BCUT2D eigenvalue weighted by Gasteiger charge is -2.25. The minimum absolute atomic E-state index is 0.0287. The third-order valence-electron chi connectivity index (χ3n) is 3.75. The molecule has 0 amide bonds. The highest BCUT2D eigenvalue weighted by molar-refractivity contribution is 9.10. The first-order chi connectivity index (χ1) is 10.4. The van der Waals surface area contributed by atoms with E-state index < -0.39 is 0 Å². The van der Waals surface area contributed by atoms with Gasteiger partial charge in [0.25, 0.3) is 0 Å². The molecule has 1 saturated heterocycles. The van der Waals surface area contributed by atoms with Gasteiger partial charge in [0.15, 0.2) is 5.96 Å². The standard InChI is InChI=1S/C17H27BrN4/c1-17(2,3)21-16(19-4)20-11-13-9-10-22(12-13)15-7-5-14(18)6-8-15/h5-8,13H,9-12H2,1-4H3,(H2,19,20,21). The number of guanidine groups is 1. The van der Waals surface area contributed by atoms with Gasteiger partial charge in [-0.2, -0.15) is 0 Å². The maximum atomic E-state index is 4.30. The van der Waals surface area contributed by atoms with Gasteiger partial charge >= 0.3 is 0 Å². The molecule has 1 aromatic carbocycles. The number of aliphatic imine (C=N–C) groups is 1. The molecule has 0 aromatic heterocycles. The molecule has 0 aliphatic carbocycles. The molecule has 1 fully saturated rings. The second kappa shape index (κ2) is 7.36. The minimum Gasteiger partial charge on any atom is -0.371 e. The number of nitrogens with one attached hydrogen (secondary N) is 2. The lowest BCUT2D eigenvalue weighted by molar-refractivity contribution is 0.491. The maximum absolute atomic E-state index is 4.30. The van der Waals surface area contributed by atoms with E-state index in [0.717, 1.165) is 30.1 Å². The fourth-order valence-corrected chi connectivity index (χ4v) is 2.93. The van der Waals surface area contributed by atoms with Crippen molar-refractivity contribution in [2.45, 2.75) is 32.7 Å². The number of benzene rings is 1. The molecule has 0 radical (unpaired) electrons. The molecule has 122 valence electrons. The summed E-state index contributed by atoms with van der Waals surface area (Å²) in [5.74, 6) is 1.54. The van der Waals surface area contributed by atoms with Crippen molar-refractivity contribution in [3.8, 4) is 0 Å². The summed E-state index contributed by atoms with van der Waals surface area (Å²) in [5.41, 5.74) is 1.34. The molecular formula is C17H27BrN4. The zero-order valence-corrected chi connectivity index (χ0v) is 15.6. The van der Waals surface area contributed by atoms with Crippen molar-refractivity contribution in [2.75, 3.05) is 31.6 Å². The summed E-state index contributed by atoms with van der Waals surface area (Å²) >= 11 is 3.49. The number of halogens is 1. The Morgan fingerprint density at radius 3 is 2.59 bits per heavy atom. The SMILES string of the molecule is CN=C(NCC1CCN(c2ccc(Br)cc2)C1)NC(C)(C)C. The first kappa shape index (κ1) is 17.1. The Labute approximate surface area is 142 Å². The number of anilines is 1. The molecule has 2 rings (SSSR count). The highest BCUT2D eigenvalue weighted by Crippen LogP contribution is 2.24. The van der Waals surface area contributed by atoms with Crippen LogP contribution >= 0.6 is 15.9 Å². The van der Waals surface area contributed by atoms with Gasteiger partial charge in [0, 0.05) is 42.4 Å². The van der Waals surface area contributed by atoms with Crippen molar-refractivity contribution in [3.63, 3.8) is 0 Å². The number of hydrogen-bond donors (Lipinski definition) is 2. The van der Waals surface area contributed by atoms with Crippen LogP contribution in [0.25, 0.3) is 0 Å². The molecule has 1 aliphatic rings. The second-order valence-electron chi connectivity index (χ2n) is 6.91. The van der Waals surface area contributed by atoms with Crippen LogP contribution in [0.4, 0.5) is 5.69 Å². The molecule has 1 aromatic rings. The Kier molecular flexibility index (Phi) is 5.73. The van der Waals surface area contributed by atoms with Crippen molar-refractivity contribution in [1.29, 1.82) is 0 Å². The molecule has 4 nitrogen and oxygen atoms in total. The second-order valence-corrected chi connectivity index (χ2v) is 7.82. The average Bonchev–Trinajstić information content (AvgIpc) is 2.92. The molecular weight excluding hydrogens is 340 g/mol. The highest BCUT2D eigenvalue weighted by atomic mass is 79.9. The van der Waals surface area contributed by atoms with E-state index in [4.69, 9.17) is 0 Å². The molecule has 0 spiro atoms. The highest BCUT2D eigenvalue weighted by Gasteiger charge is 2.23. The Balaban J connectivity index is 1.82. The van der Waals surface area contributed by atoms with Gasteiger partial charge in [0.1, 0.15) is 0 Å². The third kappa shape index (κ3) is 5.20. The summed E-state index contributed by atoms with van der Waals surface area (Å²) in [7, 11) is 1.82. The smallest absolute Gasteiger partial charge is 0.191 e. The van der Waals surface area contributed by atoms with Gasteiger partial charge in [-0.05, 0) is 57.4 Å². The van der Waals surface area contributed by atoms with Crippen LogP contribution in [0.15, 0.2) is 33.7 Å². The van der Waals surface area contributed by atoms with Gasteiger partial charge in [-0.3, -0.25) is 4.99 Å². The lowest BCUT2D eigenvalue weighted by atomic mass is 10.1. The van der Waals surface area contributed by atoms with Crippen LogP contribution in [0.5, 0.6) is 0 Å². The van der Waals surface area contributed by atoms with E-state index in [-0.39, 0.29) is 5.54 Å². The number of nitrogens with zero attached hydrogens (tertiary/aromatic N) is 2. The monoisotopic (exact) mass is 366 g/mol. The molecule has 1 aliphatic heterocycles. The lowest BCUT2D eigenvalue weighted by Crippen LogP contribution is -2.48. The molecule has 0 bridgehead atoms. The Morgan fingerprint density at radius 2 is 2.00 bits per heavy atom. The van der Waals surface area contributed by atoms with Crippen LogP contribution < -0.4 is 15.5 Å². The first-order valence-corrected chi connectivity index (χ1v) is 8.66. The van der Waals surface area contributed by atoms with Gasteiger partial charge in [-0.15, -0.1) is 0 Å². The topological polar surface area (TPSA) is 39.7 Å². The van der Waals surface area contributed by atoms with Crippen molar-refractivity contribution in [2.24, 2.45) is 10.9 Å². The van der Waals surface area contributed by atoms with E-state index in [9.17, 15) is 0 Å². The fraction of sp³-hybridized carbons (Fsp3) is 0.588. The summed E-state index contributed by atoms with van der Waals surface area (Å²) in [6, 6.07) is 8.58. The Bertz CT molecular complexity index is 504. The van der Waals surface area contributed by atoms with Crippen molar-refractivity contribution in [1.82, 2.24) is 10.6 Å². The summed E-state index contributed by atoms with van der Waals surface area (Å²) < 4.78 is 1.13. The largest absolute Gasteiger partial charge is 0.371 e. The van der Waals surface area contributed by atoms with E-state index in [1.54, 1.807) is 0 Å². The summed E-state index contributed by atoms with van der Waals surface area (Å²) in [6.07, 6.45) is 1.22. The van der Waals surface area contributed by atoms with Crippen LogP contribution in [-0.4, -0.2) is 38.2 Å². The van der Waals surface area contributed by atoms with Crippen molar-refractivity contribution >= 4 is 27.6 Å². The molecule has 1 heterocycles. The molecule has 5 heteroatoms. The maximum Gasteiger partial charge on any atom is 0.191 e. The predicted molar refractivity (Wildman–Crippen MR) is 98.7 cm³/mol. The van der Waals surface area contributed by atoms with Crippen LogP contribution in [0, 0.1) is 5.92 Å². The first-order valence-electron chi connectivity index (χ1n) is 7.87. The zero-order chi connectivity index (χ0) is 16.2. The van der Waals surface area contributed by atoms with Gasteiger partial charge < -0.3 is 15.5 Å². The molecule has 22 heavy (non-hydrogen) atoms. The Morgan fingerprint density at radius 1 is 1.32 bits per heavy atom. The minimum atomic E-state index is 0.0287. The predicted octanol–water partition coefficient (Wildman–Crippen LogP) is 3.24. The molecule has 2 N–H and O–H groups in total.